The molecule has 8 nitrogen and oxygen atoms in total. The average Bonchev–Trinajstić information content (AvgIpc) is 3.05. The van der Waals surface area contributed by atoms with Gasteiger partial charge in [0.15, 0.2) is 0 Å². The molecule has 0 bridgehead atoms. The molecular formula is C15H12Cl2N4O4S. The molecule has 0 fully saturated rings. The molecule has 0 unspecified atom stereocenters. The number of nitrogens with one attached hydrogen (secondary N) is 2. The fraction of sp³-hybridized carbons (Fsp3) is 0.133. The number of hydrazone groups is 1. The van der Waals surface area contributed by atoms with Gasteiger partial charge in [0.2, 0.25) is 11.8 Å². The standard InChI is InChI=1S/C15H12Cl2N4O4S/c16-9-1-3-12(11(17)7-9)19-13(22)4-5-14(23)20-18-8-10-2-6-15(26-10)21(24)25/h1-3,6-8H,4-5H2,(H,19,22)(H,20,23)/b18-8+. The Balaban J connectivity index is 1.76. The summed E-state index contributed by atoms with van der Waals surface area (Å²) in [6, 6.07) is 7.50. The lowest BCUT2D eigenvalue weighted by Crippen LogP contribution is -2.20. The normalized spacial score (nSPS) is 10.7. The van der Waals surface area contributed by atoms with Crippen molar-refractivity contribution >= 4 is 63.3 Å². The minimum atomic E-state index is -0.508. The number of halogens is 2. The number of amides is 2. The van der Waals surface area contributed by atoms with Gasteiger partial charge in [-0.15, -0.1) is 0 Å². The quantitative estimate of drug-likeness (QED) is 0.406. The highest BCUT2D eigenvalue weighted by molar-refractivity contribution is 7.16. The van der Waals surface area contributed by atoms with E-state index in [2.05, 4.69) is 15.8 Å². The maximum absolute atomic E-state index is 11.8. The molecule has 0 atom stereocenters. The molecule has 0 saturated heterocycles. The van der Waals surface area contributed by atoms with Crippen molar-refractivity contribution in [3.05, 3.63) is 55.4 Å². The molecule has 2 rings (SSSR count). The smallest absolute Gasteiger partial charge is 0.324 e. The zero-order chi connectivity index (χ0) is 19.1. The van der Waals surface area contributed by atoms with E-state index in [0.29, 0.717) is 20.6 Å². The lowest BCUT2D eigenvalue weighted by atomic mass is 10.2. The molecule has 0 aliphatic rings. The van der Waals surface area contributed by atoms with Crippen molar-refractivity contribution in [2.45, 2.75) is 12.8 Å². The fourth-order valence-corrected chi connectivity index (χ4v) is 2.91. The van der Waals surface area contributed by atoms with Gasteiger partial charge in [-0.3, -0.25) is 19.7 Å². The van der Waals surface area contributed by atoms with E-state index in [1.807, 2.05) is 0 Å². The summed E-state index contributed by atoms with van der Waals surface area (Å²) < 4.78 is 0. The summed E-state index contributed by atoms with van der Waals surface area (Å²) in [6.07, 6.45) is 1.15. The topological polar surface area (TPSA) is 114 Å². The van der Waals surface area contributed by atoms with Gasteiger partial charge >= 0.3 is 5.00 Å². The highest BCUT2D eigenvalue weighted by Crippen LogP contribution is 2.25. The van der Waals surface area contributed by atoms with Gasteiger partial charge in [0.25, 0.3) is 0 Å². The molecule has 2 amide bonds. The molecule has 0 aliphatic heterocycles. The van der Waals surface area contributed by atoms with Gasteiger partial charge in [-0.05, 0) is 24.3 Å². The molecule has 1 aromatic heterocycles. The van der Waals surface area contributed by atoms with Crippen molar-refractivity contribution in [2.24, 2.45) is 5.10 Å². The third-order valence-electron chi connectivity index (χ3n) is 2.96. The first-order valence-electron chi connectivity index (χ1n) is 7.16. The monoisotopic (exact) mass is 414 g/mol. The zero-order valence-corrected chi connectivity index (χ0v) is 15.4. The number of carbonyl (C=O) groups excluding carboxylic acids is 2. The van der Waals surface area contributed by atoms with Gasteiger partial charge in [0.1, 0.15) is 0 Å². The van der Waals surface area contributed by atoms with Crippen LogP contribution in [-0.4, -0.2) is 23.0 Å². The largest absolute Gasteiger partial charge is 0.325 e. The number of hydrogen-bond donors (Lipinski definition) is 2. The highest BCUT2D eigenvalue weighted by atomic mass is 35.5. The summed E-state index contributed by atoms with van der Waals surface area (Å²) in [5.41, 5.74) is 2.65. The lowest BCUT2D eigenvalue weighted by Gasteiger charge is -2.07. The Labute approximate surface area is 162 Å². The number of nitrogens with zero attached hydrogens (tertiary/aromatic N) is 2. The van der Waals surface area contributed by atoms with Crippen molar-refractivity contribution in [1.29, 1.82) is 0 Å². The molecule has 0 aliphatic carbocycles. The summed E-state index contributed by atoms with van der Waals surface area (Å²) >= 11 is 12.6. The molecule has 0 saturated carbocycles. The van der Waals surface area contributed by atoms with E-state index in [4.69, 9.17) is 23.2 Å². The predicted octanol–water partition coefficient (Wildman–Crippen LogP) is 3.83. The molecule has 1 aromatic carbocycles. The number of thiophene rings is 1. The van der Waals surface area contributed by atoms with Crippen LogP contribution in [-0.2, 0) is 9.59 Å². The zero-order valence-electron chi connectivity index (χ0n) is 13.1. The Morgan fingerprint density at radius 2 is 1.92 bits per heavy atom. The van der Waals surface area contributed by atoms with Gasteiger partial charge in [-0.1, -0.05) is 34.5 Å². The van der Waals surface area contributed by atoms with Crippen LogP contribution in [0.25, 0.3) is 0 Å². The summed E-state index contributed by atoms with van der Waals surface area (Å²) in [4.78, 5) is 34.1. The summed E-state index contributed by atoms with van der Waals surface area (Å²) in [7, 11) is 0. The van der Waals surface area contributed by atoms with Gasteiger partial charge in [-0.25, -0.2) is 5.43 Å². The highest BCUT2D eigenvalue weighted by Gasteiger charge is 2.10. The minimum Gasteiger partial charge on any atom is -0.325 e. The van der Waals surface area contributed by atoms with Crippen LogP contribution in [0.4, 0.5) is 10.7 Å². The first-order chi connectivity index (χ1) is 12.3. The van der Waals surface area contributed by atoms with Crippen molar-refractivity contribution in [1.82, 2.24) is 5.43 Å². The summed E-state index contributed by atoms with van der Waals surface area (Å²) in [5, 5.41) is 17.6. The van der Waals surface area contributed by atoms with E-state index < -0.39 is 10.8 Å². The number of hydrogen-bond acceptors (Lipinski definition) is 6. The van der Waals surface area contributed by atoms with Gasteiger partial charge in [-0.2, -0.15) is 5.10 Å². The number of carbonyl (C=O) groups is 2. The van der Waals surface area contributed by atoms with Gasteiger partial charge in [0, 0.05) is 23.9 Å². The second-order valence-electron chi connectivity index (χ2n) is 4.90. The molecule has 0 spiro atoms. The summed E-state index contributed by atoms with van der Waals surface area (Å²) in [6.45, 7) is 0. The van der Waals surface area contributed by atoms with Gasteiger partial charge < -0.3 is 5.32 Å². The van der Waals surface area contributed by atoms with Crippen LogP contribution >= 0.6 is 34.5 Å². The SMILES string of the molecule is O=C(CCC(=O)Nc1ccc(Cl)cc1Cl)N/N=C/c1ccc([N+](=O)[O-])s1. The molecule has 0 radical (unpaired) electrons. The Morgan fingerprint density at radius 1 is 1.19 bits per heavy atom. The van der Waals surface area contributed by atoms with Gasteiger partial charge in [0.05, 0.1) is 26.7 Å². The van der Waals surface area contributed by atoms with Crippen molar-refractivity contribution < 1.29 is 14.5 Å². The Kier molecular flexibility index (Phi) is 7.07. The second-order valence-corrected chi connectivity index (χ2v) is 6.84. The molecule has 11 heteroatoms. The third-order valence-corrected chi connectivity index (χ3v) is 4.48. The lowest BCUT2D eigenvalue weighted by molar-refractivity contribution is -0.380. The van der Waals surface area contributed by atoms with E-state index in [0.717, 1.165) is 11.3 Å². The fourth-order valence-electron chi connectivity index (χ4n) is 1.76. The van der Waals surface area contributed by atoms with Crippen LogP contribution in [0, 0.1) is 10.1 Å². The number of rotatable bonds is 7. The molecule has 2 N–H and O–H groups in total. The molecule has 26 heavy (non-hydrogen) atoms. The molecule has 1 heterocycles. The summed E-state index contributed by atoms with van der Waals surface area (Å²) in [5.74, 6) is -0.855. The molecule has 2 aromatic rings. The van der Waals surface area contributed by atoms with E-state index in [-0.39, 0.29) is 23.7 Å². The number of anilines is 1. The number of benzene rings is 1. The van der Waals surface area contributed by atoms with Crippen LogP contribution in [0.2, 0.25) is 10.0 Å². The third kappa shape index (κ3) is 6.10. The Bertz CT molecular complexity index is 869. The first-order valence-corrected chi connectivity index (χ1v) is 8.73. The predicted molar refractivity (Wildman–Crippen MR) is 101 cm³/mol. The van der Waals surface area contributed by atoms with E-state index >= 15 is 0 Å². The van der Waals surface area contributed by atoms with Crippen LogP contribution in [0.3, 0.4) is 0 Å². The van der Waals surface area contributed by atoms with Crippen LogP contribution in [0.1, 0.15) is 17.7 Å². The Hall–Kier alpha value is -2.49. The second kappa shape index (κ2) is 9.27. The van der Waals surface area contributed by atoms with Crippen LogP contribution in [0.5, 0.6) is 0 Å². The van der Waals surface area contributed by atoms with Crippen LogP contribution in [0.15, 0.2) is 35.4 Å². The van der Waals surface area contributed by atoms with E-state index in [9.17, 15) is 19.7 Å². The average molecular weight is 415 g/mol. The van der Waals surface area contributed by atoms with Crippen molar-refractivity contribution in [3.63, 3.8) is 0 Å². The Morgan fingerprint density at radius 3 is 2.58 bits per heavy atom. The molecule has 136 valence electrons. The molecular weight excluding hydrogens is 403 g/mol. The first kappa shape index (κ1) is 19.8. The van der Waals surface area contributed by atoms with Crippen molar-refractivity contribution in [3.8, 4) is 0 Å². The minimum absolute atomic E-state index is 0.0182. The maximum Gasteiger partial charge on any atom is 0.324 e. The van der Waals surface area contributed by atoms with E-state index in [1.54, 1.807) is 12.1 Å². The maximum atomic E-state index is 11.8. The number of nitro groups is 1. The van der Waals surface area contributed by atoms with Crippen molar-refractivity contribution in [2.75, 3.05) is 5.32 Å². The van der Waals surface area contributed by atoms with E-state index in [1.165, 1.54) is 24.4 Å². The van der Waals surface area contributed by atoms with Crippen LogP contribution < -0.4 is 10.7 Å².